The third kappa shape index (κ3) is 6.35. The predicted octanol–water partition coefficient (Wildman–Crippen LogP) is 2.88. The number of anilines is 2. The zero-order valence-electron chi connectivity index (χ0n) is 20.6. The molecule has 0 N–H and O–H groups in total. The molecule has 0 amide bonds. The minimum atomic E-state index is -0.500. The van der Waals surface area contributed by atoms with Crippen molar-refractivity contribution >= 4 is 81.2 Å². The molecular weight excluding hydrogens is 617 g/mol. The molecule has 6 rings (SSSR count). The van der Waals surface area contributed by atoms with Gasteiger partial charge in [0, 0.05) is 38.3 Å². The Morgan fingerprint density at radius 2 is 1.30 bits per heavy atom. The second-order valence-electron chi connectivity index (χ2n) is 8.08. The van der Waals surface area contributed by atoms with Crippen LogP contribution < -0.4 is 9.80 Å². The number of nitrogens with zero attached hydrogens (tertiary/aromatic N) is 9. The molecule has 2 aromatic heterocycles. The summed E-state index contributed by atoms with van der Waals surface area (Å²) in [4.78, 5) is 25.0. The Morgan fingerprint density at radius 3 is 1.85 bits per heavy atom. The zero-order valence-corrected chi connectivity index (χ0v) is 23.1. The van der Waals surface area contributed by atoms with Crippen LogP contribution in [0, 0.1) is 20.2 Å². The van der Waals surface area contributed by atoms with Gasteiger partial charge in [-0.05, 0) is 42.6 Å². The molecule has 0 unspecified atom stereocenters. The maximum atomic E-state index is 11.0. The van der Waals surface area contributed by atoms with Crippen molar-refractivity contribution < 1.29 is 28.6 Å². The summed E-state index contributed by atoms with van der Waals surface area (Å²) < 4.78 is 23.1. The standard InChI is InChI=1S/C10H9BrN4O4.C10H10N4O4.BHNS/c11-6-5-7(15(16)17)8-9(13-19-12-8)10(6)14-1-3-18-4-2-14;15-14(16)8-2-1-7(9-10(8)12-18-11-9)13-3-5-17-6-4-13;1-2-3/h5H,1-4H2;1-2H,3-6H2;3H. The Kier molecular flexibility index (Phi) is 9.91. The van der Waals surface area contributed by atoms with E-state index in [2.05, 4.69) is 75.5 Å². The first-order valence-corrected chi connectivity index (χ1v) is 12.7. The van der Waals surface area contributed by atoms with Gasteiger partial charge in [0.05, 0.1) is 52.1 Å². The van der Waals surface area contributed by atoms with E-state index >= 15 is 0 Å². The van der Waals surface area contributed by atoms with E-state index < -0.39 is 9.85 Å². The number of ether oxygens (including phenoxy) is 2. The van der Waals surface area contributed by atoms with Crippen LogP contribution in [0.1, 0.15) is 0 Å². The van der Waals surface area contributed by atoms with Gasteiger partial charge in [-0.1, -0.05) is 0 Å². The number of non-ortho nitro benzene ring substituents is 2. The van der Waals surface area contributed by atoms with E-state index in [1.54, 1.807) is 6.07 Å². The molecule has 4 heterocycles. The number of halogens is 1. The zero-order chi connectivity index (χ0) is 28.6. The van der Waals surface area contributed by atoms with Crippen molar-refractivity contribution in [3.63, 3.8) is 0 Å². The maximum absolute atomic E-state index is 11.0. The van der Waals surface area contributed by atoms with Crippen molar-refractivity contribution in [3.05, 3.63) is 42.9 Å². The van der Waals surface area contributed by atoms with Crippen molar-refractivity contribution in [1.82, 2.24) is 20.6 Å². The van der Waals surface area contributed by atoms with Crippen LogP contribution in [0.15, 0.2) is 36.2 Å². The number of nitro benzene ring substituents is 2. The van der Waals surface area contributed by atoms with Gasteiger partial charge in [-0.25, -0.2) is 9.26 Å². The van der Waals surface area contributed by atoms with E-state index in [9.17, 15) is 20.2 Å². The number of fused-ring (bicyclic) bond motifs is 2. The fourth-order valence-electron chi connectivity index (χ4n) is 4.16. The van der Waals surface area contributed by atoms with Gasteiger partial charge in [-0.15, -0.1) is 0 Å². The molecule has 0 saturated carbocycles. The molecule has 2 aliphatic rings. The van der Waals surface area contributed by atoms with E-state index in [-0.39, 0.29) is 22.4 Å². The molecular formula is C20H20BBrN9O8S. The van der Waals surface area contributed by atoms with Crippen LogP contribution in [-0.2, 0) is 9.47 Å². The molecule has 2 aliphatic heterocycles. The summed E-state index contributed by atoms with van der Waals surface area (Å²) in [5.41, 5.74) is 2.49. The molecule has 0 atom stereocenters. The van der Waals surface area contributed by atoms with Crippen molar-refractivity contribution in [2.45, 2.75) is 0 Å². The molecule has 0 bridgehead atoms. The number of benzene rings is 2. The number of nitro groups is 2. The van der Waals surface area contributed by atoms with Crippen molar-refractivity contribution in [3.8, 4) is 0 Å². The van der Waals surface area contributed by atoms with Gasteiger partial charge in [0.1, 0.15) is 0 Å². The monoisotopic (exact) mass is 636 g/mol. The van der Waals surface area contributed by atoms with Crippen molar-refractivity contribution in [1.29, 1.82) is 0 Å². The summed E-state index contributed by atoms with van der Waals surface area (Å²) in [5, 5.41) is 36.7. The molecule has 0 spiro atoms. The number of hydrogen-bond acceptors (Lipinski definition) is 16. The van der Waals surface area contributed by atoms with Crippen LogP contribution in [0.4, 0.5) is 22.7 Å². The molecule has 2 fully saturated rings. The minimum absolute atomic E-state index is 0.0942. The summed E-state index contributed by atoms with van der Waals surface area (Å²) in [7, 11) is 4.34. The summed E-state index contributed by atoms with van der Waals surface area (Å²) in [6.07, 6.45) is 0. The third-order valence-corrected chi connectivity index (χ3v) is 6.49. The van der Waals surface area contributed by atoms with Crippen LogP contribution in [0.3, 0.4) is 0 Å². The van der Waals surface area contributed by atoms with Crippen molar-refractivity contribution in [2.75, 3.05) is 62.4 Å². The van der Waals surface area contributed by atoms with E-state index in [1.807, 2.05) is 4.90 Å². The molecule has 40 heavy (non-hydrogen) atoms. The van der Waals surface area contributed by atoms with Gasteiger partial charge in [0.2, 0.25) is 11.0 Å². The van der Waals surface area contributed by atoms with Gasteiger partial charge in [-0.3, -0.25) is 20.2 Å². The molecule has 4 aromatic rings. The average Bonchev–Trinajstić information content (AvgIpc) is 3.64. The Bertz CT molecular complexity index is 1510. The second kappa shape index (κ2) is 13.5. The molecule has 20 heteroatoms. The van der Waals surface area contributed by atoms with E-state index in [0.717, 1.165) is 24.5 Å². The topological polar surface area (TPSA) is 201 Å². The first kappa shape index (κ1) is 29.2. The Hall–Kier alpha value is -3.75. The van der Waals surface area contributed by atoms with Gasteiger partial charge in [0.25, 0.3) is 0 Å². The van der Waals surface area contributed by atoms with Gasteiger partial charge in [0.15, 0.2) is 11.0 Å². The van der Waals surface area contributed by atoms with Crippen LogP contribution in [0.2, 0.25) is 0 Å². The third-order valence-electron chi connectivity index (χ3n) is 5.89. The van der Waals surface area contributed by atoms with Crippen LogP contribution in [0.25, 0.3) is 22.1 Å². The number of aromatic nitrogens is 4. The number of thiol groups is 1. The fraction of sp³-hybridized carbons (Fsp3) is 0.400. The van der Waals surface area contributed by atoms with Crippen LogP contribution in [0.5, 0.6) is 0 Å². The quantitative estimate of drug-likeness (QED) is 0.148. The SMILES string of the molecule is O=[N+]([O-])c1cc(Br)c(N2CCOCC2)c2nonc12.O=[N+]([O-])c1ccc(N2CCOCC2)c2nonc12.[B]=NS. The van der Waals surface area contributed by atoms with E-state index in [1.165, 1.54) is 12.1 Å². The molecule has 2 aromatic carbocycles. The Balaban J connectivity index is 0.000000169. The van der Waals surface area contributed by atoms with Crippen LogP contribution in [-0.4, -0.2) is 90.7 Å². The number of rotatable bonds is 4. The Labute approximate surface area is 239 Å². The second-order valence-corrected chi connectivity index (χ2v) is 9.17. The fourth-order valence-corrected chi connectivity index (χ4v) is 4.81. The average molecular weight is 637 g/mol. The normalized spacial score (nSPS) is 15.1. The molecule has 1 radical (unpaired) electrons. The van der Waals surface area contributed by atoms with Crippen LogP contribution >= 0.6 is 28.7 Å². The van der Waals surface area contributed by atoms with E-state index in [0.29, 0.717) is 55.0 Å². The number of hydrogen-bond donors (Lipinski definition) is 1. The van der Waals surface area contributed by atoms with Gasteiger partial charge < -0.3 is 19.3 Å². The van der Waals surface area contributed by atoms with E-state index in [4.69, 9.17) is 9.47 Å². The number of morpholine rings is 2. The summed E-state index contributed by atoms with van der Waals surface area (Å²) in [6, 6.07) is 4.53. The molecule has 0 aliphatic carbocycles. The predicted molar refractivity (Wildman–Crippen MR) is 148 cm³/mol. The van der Waals surface area contributed by atoms with Crippen molar-refractivity contribution in [2.24, 2.45) is 4.30 Å². The molecule has 209 valence electrons. The first-order valence-electron chi connectivity index (χ1n) is 11.6. The first-order chi connectivity index (χ1) is 19.4. The van der Waals surface area contributed by atoms with Gasteiger partial charge >= 0.3 is 36.1 Å². The molecule has 17 nitrogen and oxygen atoms in total. The summed E-state index contributed by atoms with van der Waals surface area (Å²) in [5.74, 6) is 0. The van der Waals surface area contributed by atoms with Gasteiger partial charge in [-0.2, -0.15) is 0 Å². The molecule has 2 saturated heterocycles. The summed E-state index contributed by atoms with van der Waals surface area (Å²) in [6.45, 7) is 5.30. The Morgan fingerprint density at radius 1 is 0.825 bits per heavy atom. The summed E-state index contributed by atoms with van der Waals surface area (Å²) >= 11 is 6.55.